The van der Waals surface area contributed by atoms with E-state index in [1.807, 2.05) is 19.1 Å². The van der Waals surface area contributed by atoms with Gasteiger partial charge in [-0.2, -0.15) is 0 Å². The molecule has 0 saturated carbocycles. The lowest BCUT2D eigenvalue weighted by Crippen LogP contribution is -2.28. The van der Waals surface area contributed by atoms with E-state index in [-0.39, 0.29) is 13.2 Å². The largest absolute Gasteiger partial charge is 0.490 e. The van der Waals surface area contributed by atoms with Crippen molar-refractivity contribution in [2.45, 2.75) is 20.1 Å². The zero-order valence-electron chi connectivity index (χ0n) is 15.7. The molecule has 2 aromatic rings. The smallest absolute Gasteiger partial charge is 0.175 e. The average molecular weight is 492 g/mol. The molecule has 0 aliphatic rings. The fraction of sp³-hybridized carbons (Fsp3) is 0.400. The van der Waals surface area contributed by atoms with Crippen molar-refractivity contribution in [3.05, 3.63) is 56.0 Å². The minimum absolute atomic E-state index is 0.144. The van der Waals surface area contributed by atoms with Crippen molar-refractivity contribution in [2.24, 2.45) is 0 Å². The molecule has 0 aliphatic heterocycles. The molecule has 0 atom stereocenters. The third kappa shape index (κ3) is 7.10. The number of benzene rings is 2. The third-order valence-corrected chi connectivity index (χ3v) is 5.19. The van der Waals surface area contributed by atoms with Crippen LogP contribution >= 0.6 is 39.1 Å². The Balaban J connectivity index is 2.05. The first-order valence-corrected chi connectivity index (χ1v) is 10.6. The van der Waals surface area contributed by atoms with Crippen LogP contribution in [0.15, 0.2) is 34.8 Å². The number of ether oxygens (including phenoxy) is 2. The molecule has 0 bridgehead atoms. The number of aliphatic hydroxyl groups excluding tert-OH is 1. The van der Waals surface area contributed by atoms with Crippen molar-refractivity contribution in [3.63, 3.8) is 0 Å². The number of nitrogens with one attached hydrogen (secondary N) is 2. The second-order valence-electron chi connectivity index (χ2n) is 5.98. The van der Waals surface area contributed by atoms with Gasteiger partial charge >= 0.3 is 0 Å². The molecular weight excluding hydrogens is 467 g/mol. The lowest BCUT2D eigenvalue weighted by atomic mass is 10.2. The number of aliphatic hydroxyl groups is 1. The van der Waals surface area contributed by atoms with Gasteiger partial charge in [0.1, 0.15) is 6.61 Å². The molecular formula is C20H25BrCl2N2O3. The first-order chi connectivity index (χ1) is 13.6. The van der Waals surface area contributed by atoms with E-state index in [1.165, 1.54) is 0 Å². The highest BCUT2D eigenvalue weighted by molar-refractivity contribution is 9.10. The molecule has 2 aromatic carbocycles. The molecule has 8 heteroatoms. The number of rotatable bonds is 12. The summed E-state index contributed by atoms with van der Waals surface area (Å²) in [5.74, 6) is 1.28. The van der Waals surface area contributed by atoms with Crippen molar-refractivity contribution >= 4 is 39.1 Å². The van der Waals surface area contributed by atoms with Gasteiger partial charge in [0.05, 0.1) is 17.7 Å². The van der Waals surface area contributed by atoms with Gasteiger partial charge in [-0.1, -0.05) is 29.3 Å². The van der Waals surface area contributed by atoms with Crippen molar-refractivity contribution in [3.8, 4) is 11.5 Å². The summed E-state index contributed by atoms with van der Waals surface area (Å²) in [6.07, 6.45) is 0. The van der Waals surface area contributed by atoms with E-state index in [9.17, 15) is 0 Å². The maximum atomic E-state index is 8.76. The van der Waals surface area contributed by atoms with Crippen LogP contribution in [-0.4, -0.2) is 38.0 Å². The van der Waals surface area contributed by atoms with Gasteiger partial charge in [-0.3, -0.25) is 0 Å². The van der Waals surface area contributed by atoms with Crippen molar-refractivity contribution in [1.29, 1.82) is 0 Å². The fourth-order valence-electron chi connectivity index (χ4n) is 2.55. The van der Waals surface area contributed by atoms with Crippen LogP contribution < -0.4 is 20.1 Å². The maximum Gasteiger partial charge on any atom is 0.175 e. The van der Waals surface area contributed by atoms with Gasteiger partial charge in [-0.15, -0.1) is 0 Å². The van der Waals surface area contributed by atoms with E-state index in [0.717, 1.165) is 28.7 Å². The second kappa shape index (κ2) is 12.5. The second-order valence-corrected chi connectivity index (χ2v) is 7.65. The summed E-state index contributed by atoms with van der Waals surface area (Å²) >= 11 is 16.0. The topological polar surface area (TPSA) is 62.8 Å². The molecule has 0 saturated heterocycles. The van der Waals surface area contributed by atoms with Gasteiger partial charge < -0.3 is 25.2 Å². The fourth-order valence-corrected chi connectivity index (χ4v) is 3.67. The Morgan fingerprint density at radius 1 is 1.04 bits per heavy atom. The molecule has 0 aromatic heterocycles. The molecule has 0 radical (unpaired) electrons. The predicted molar refractivity (Wildman–Crippen MR) is 118 cm³/mol. The van der Waals surface area contributed by atoms with Gasteiger partial charge in [0.25, 0.3) is 0 Å². The normalized spacial score (nSPS) is 10.9. The van der Waals surface area contributed by atoms with Crippen LogP contribution in [0.4, 0.5) is 0 Å². The molecule has 5 nitrogen and oxygen atoms in total. The Hall–Kier alpha value is -1.02. The SMILES string of the molecule is CCOc1cc(CNCCNCCO)cc(Br)c1OCc1c(Cl)cccc1Cl. The first kappa shape index (κ1) is 23.3. The van der Waals surface area contributed by atoms with Crippen LogP contribution in [0.5, 0.6) is 11.5 Å². The lowest BCUT2D eigenvalue weighted by Gasteiger charge is -2.17. The van der Waals surface area contributed by atoms with Crippen LogP contribution in [-0.2, 0) is 13.2 Å². The molecule has 0 unspecified atom stereocenters. The minimum Gasteiger partial charge on any atom is -0.490 e. The van der Waals surface area contributed by atoms with Gasteiger partial charge in [-0.25, -0.2) is 0 Å². The summed E-state index contributed by atoms with van der Waals surface area (Å²) in [6.45, 7) is 5.72. The highest BCUT2D eigenvalue weighted by Gasteiger charge is 2.14. The van der Waals surface area contributed by atoms with E-state index >= 15 is 0 Å². The van der Waals surface area contributed by atoms with E-state index in [4.69, 9.17) is 37.8 Å². The van der Waals surface area contributed by atoms with Crippen LogP contribution in [0.1, 0.15) is 18.1 Å². The summed E-state index contributed by atoms with van der Waals surface area (Å²) in [5, 5.41) is 16.4. The van der Waals surface area contributed by atoms with Crippen molar-refractivity contribution < 1.29 is 14.6 Å². The quantitative estimate of drug-likeness (QED) is 0.384. The Morgan fingerprint density at radius 3 is 2.43 bits per heavy atom. The Kier molecular flexibility index (Phi) is 10.4. The van der Waals surface area contributed by atoms with Crippen LogP contribution in [0.2, 0.25) is 10.0 Å². The first-order valence-electron chi connectivity index (χ1n) is 9.10. The summed E-state index contributed by atoms with van der Waals surface area (Å²) in [5.41, 5.74) is 1.81. The van der Waals surface area contributed by atoms with Crippen LogP contribution in [0, 0.1) is 0 Å². The Bertz CT molecular complexity index is 742. The van der Waals surface area contributed by atoms with Gasteiger partial charge in [0.2, 0.25) is 0 Å². The number of hydrogen-bond acceptors (Lipinski definition) is 5. The highest BCUT2D eigenvalue weighted by atomic mass is 79.9. The molecule has 0 heterocycles. The maximum absolute atomic E-state index is 8.76. The van der Waals surface area contributed by atoms with Gasteiger partial charge in [0, 0.05) is 41.8 Å². The predicted octanol–water partition coefficient (Wildman–Crippen LogP) is 4.41. The van der Waals surface area contributed by atoms with E-state index in [1.54, 1.807) is 18.2 Å². The van der Waals surface area contributed by atoms with Crippen LogP contribution in [0.25, 0.3) is 0 Å². The molecule has 0 spiro atoms. The van der Waals surface area contributed by atoms with E-state index < -0.39 is 0 Å². The Labute approximate surface area is 184 Å². The summed E-state index contributed by atoms with van der Waals surface area (Å²) in [6, 6.07) is 9.34. The molecule has 0 aliphatic carbocycles. The molecule has 3 N–H and O–H groups in total. The monoisotopic (exact) mass is 490 g/mol. The summed E-state index contributed by atoms with van der Waals surface area (Å²) < 4.78 is 12.6. The molecule has 154 valence electrons. The van der Waals surface area contributed by atoms with E-state index in [0.29, 0.717) is 41.2 Å². The zero-order valence-corrected chi connectivity index (χ0v) is 18.8. The average Bonchev–Trinajstić information content (AvgIpc) is 2.66. The van der Waals surface area contributed by atoms with Crippen LogP contribution in [0.3, 0.4) is 0 Å². The molecule has 28 heavy (non-hydrogen) atoms. The molecule has 0 amide bonds. The van der Waals surface area contributed by atoms with Crippen molar-refractivity contribution in [1.82, 2.24) is 10.6 Å². The highest BCUT2D eigenvalue weighted by Crippen LogP contribution is 2.38. The third-order valence-electron chi connectivity index (χ3n) is 3.89. The summed E-state index contributed by atoms with van der Waals surface area (Å²) in [7, 11) is 0. The van der Waals surface area contributed by atoms with E-state index in [2.05, 4.69) is 26.6 Å². The number of halogens is 3. The molecule has 0 fully saturated rings. The lowest BCUT2D eigenvalue weighted by molar-refractivity contribution is 0.267. The van der Waals surface area contributed by atoms with Crippen molar-refractivity contribution in [2.75, 3.05) is 32.8 Å². The van der Waals surface area contributed by atoms with Gasteiger partial charge in [0.15, 0.2) is 11.5 Å². The zero-order chi connectivity index (χ0) is 20.4. The summed E-state index contributed by atoms with van der Waals surface area (Å²) in [4.78, 5) is 0. The number of hydrogen-bond donors (Lipinski definition) is 3. The standard InChI is InChI=1S/C20H25BrCl2N2O3/c1-2-27-19-11-14(12-25-7-6-24-8-9-26)10-16(21)20(19)28-13-15-17(22)4-3-5-18(15)23/h3-5,10-11,24-26H,2,6-9,12-13H2,1H3. The Morgan fingerprint density at radius 2 is 1.75 bits per heavy atom. The molecule has 2 rings (SSSR count). The minimum atomic E-state index is 0.144. The van der Waals surface area contributed by atoms with Gasteiger partial charge in [-0.05, 0) is 52.7 Å².